The van der Waals surface area contributed by atoms with Gasteiger partial charge in [0.25, 0.3) is 0 Å². The fourth-order valence-electron chi connectivity index (χ4n) is 7.26. The number of hydrazone groups is 1. The molecule has 184 valence electrons. The summed E-state index contributed by atoms with van der Waals surface area (Å²) in [6.45, 7) is 10.7. The van der Waals surface area contributed by atoms with Gasteiger partial charge >= 0.3 is 5.97 Å². The molecule has 4 heteroatoms. The molecule has 2 fully saturated rings. The van der Waals surface area contributed by atoms with Crippen molar-refractivity contribution in [3.05, 3.63) is 53.6 Å². The number of carbonyl (C=O) groups is 1. The molecule has 2 saturated carbocycles. The van der Waals surface area contributed by atoms with Crippen LogP contribution in [0, 0.1) is 35.5 Å². The van der Waals surface area contributed by atoms with E-state index in [1.54, 1.807) is 0 Å². The first-order chi connectivity index (χ1) is 16.2. The average molecular weight is 463 g/mol. The number of carbonyl (C=O) groups excluding carboxylic acids is 1. The van der Waals surface area contributed by atoms with Crippen LogP contribution in [0.5, 0.6) is 0 Å². The van der Waals surface area contributed by atoms with Crippen molar-refractivity contribution >= 4 is 17.9 Å². The third-order valence-corrected chi connectivity index (χ3v) is 9.07. The minimum absolute atomic E-state index is 0.0565. The first-order valence-corrected chi connectivity index (χ1v) is 13.1. The van der Waals surface area contributed by atoms with Crippen molar-refractivity contribution in [2.45, 2.75) is 85.7 Å². The summed E-state index contributed by atoms with van der Waals surface area (Å²) < 4.78 is 5.60. The number of rotatable bonds is 6. The molecule has 1 N–H and O–H groups in total. The highest BCUT2D eigenvalue weighted by atomic mass is 16.5. The van der Waals surface area contributed by atoms with Crippen molar-refractivity contribution in [3.8, 4) is 0 Å². The maximum Gasteiger partial charge on any atom is 0.302 e. The normalized spacial score (nSPS) is 35.5. The number of allylic oxidation sites excluding steroid dienone is 3. The number of nitrogens with one attached hydrogen (secondary N) is 1. The number of benzene rings is 1. The second-order valence-corrected chi connectivity index (χ2v) is 11.3. The number of fused-ring (bicyclic) bond motifs is 3. The van der Waals surface area contributed by atoms with E-state index in [0.717, 1.165) is 37.8 Å². The molecule has 6 atom stereocenters. The van der Waals surface area contributed by atoms with Gasteiger partial charge in [0, 0.05) is 19.6 Å². The van der Waals surface area contributed by atoms with Gasteiger partial charge in [0.2, 0.25) is 0 Å². The van der Waals surface area contributed by atoms with Gasteiger partial charge in [-0.15, -0.1) is 0 Å². The zero-order chi connectivity index (χ0) is 24.3. The number of anilines is 1. The Morgan fingerprint density at radius 2 is 1.97 bits per heavy atom. The van der Waals surface area contributed by atoms with Gasteiger partial charge in [-0.3, -0.25) is 10.2 Å². The summed E-state index contributed by atoms with van der Waals surface area (Å²) in [6, 6.07) is 8.37. The Morgan fingerprint density at radius 3 is 2.68 bits per heavy atom. The van der Waals surface area contributed by atoms with Crippen LogP contribution < -0.4 is 5.43 Å². The Labute approximate surface area is 205 Å². The van der Waals surface area contributed by atoms with Crippen molar-refractivity contribution in [1.29, 1.82) is 0 Å². The Balaban J connectivity index is 1.52. The molecular formula is C30H42N2O2. The zero-order valence-electron chi connectivity index (χ0n) is 21.6. The summed E-state index contributed by atoms with van der Waals surface area (Å²) in [5, 5.41) is 4.60. The third kappa shape index (κ3) is 5.01. The molecule has 3 aliphatic carbocycles. The van der Waals surface area contributed by atoms with Gasteiger partial charge in [-0.2, -0.15) is 5.10 Å². The van der Waals surface area contributed by atoms with Crippen molar-refractivity contribution in [1.82, 2.24) is 0 Å². The Bertz CT molecular complexity index is 963. The Kier molecular flexibility index (Phi) is 7.35. The zero-order valence-corrected chi connectivity index (χ0v) is 21.6. The summed E-state index contributed by atoms with van der Waals surface area (Å²) in [5.74, 6) is 1.75. The number of ether oxygens (including phenoxy) is 1. The van der Waals surface area contributed by atoms with Crippen LogP contribution in [-0.2, 0) is 9.53 Å². The highest BCUT2D eigenvalue weighted by Gasteiger charge is 2.54. The van der Waals surface area contributed by atoms with Crippen LogP contribution in [0.1, 0.15) is 78.2 Å². The molecule has 0 aliphatic heterocycles. The van der Waals surface area contributed by atoms with Crippen LogP contribution in [0.2, 0.25) is 0 Å². The average Bonchev–Trinajstić information content (AvgIpc) is 2.79. The second-order valence-electron chi connectivity index (χ2n) is 11.3. The minimum Gasteiger partial charge on any atom is -0.462 e. The standard InChI is InChI=1S/C30H42N2O2/c1-6-16-29(4)17-14-28-26(27(29)15-19-31-32-24-10-7-21(2)8-11-24)12-9-23-20-25(34-22(3)33)13-18-30(23,28)5/h6-11,16,19,25-28,32H,12-15,17-18,20H2,1-5H3/b16-6+,31-19+/t25-,26-,27-,28-,29-,30-/m0/s1. The van der Waals surface area contributed by atoms with Gasteiger partial charge in [0.05, 0.1) is 5.69 Å². The molecule has 0 aromatic heterocycles. The fraction of sp³-hybridized carbons (Fsp3) is 0.600. The SMILES string of the molecule is C/C=C/[C@@]1(C)CC[C@H]2[C@@H](CC=C3C[C@@H](OC(C)=O)CC[C@@]32C)[C@@H]1C/C=N/Nc1ccc(C)cc1. The van der Waals surface area contributed by atoms with Crippen molar-refractivity contribution < 1.29 is 9.53 Å². The van der Waals surface area contributed by atoms with E-state index in [9.17, 15) is 4.79 Å². The largest absolute Gasteiger partial charge is 0.462 e. The van der Waals surface area contributed by atoms with E-state index in [1.165, 1.54) is 30.9 Å². The topological polar surface area (TPSA) is 50.7 Å². The molecule has 4 rings (SSSR count). The summed E-state index contributed by atoms with van der Waals surface area (Å²) in [7, 11) is 0. The lowest BCUT2D eigenvalue weighted by atomic mass is 9.47. The molecule has 0 unspecified atom stereocenters. The van der Waals surface area contributed by atoms with Crippen molar-refractivity contribution in [3.63, 3.8) is 0 Å². The molecule has 0 radical (unpaired) electrons. The van der Waals surface area contributed by atoms with Gasteiger partial charge in [0.15, 0.2) is 0 Å². The molecule has 0 saturated heterocycles. The lowest BCUT2D eigenvalue weighted by Gasteiger charge is -2.58. The first-order valence-electron chi connectivity index (χ1n) is 13.1. The van der Waals surface area contributed by atoms with Crippen LogP contribution in [0.15, 0.2) is 53.2 Å². The molecule has 0 spiro atoms. The number of esters is 1. The molecule has 34 heavy (non-hydrogen) atoms. The lowest BCUT2D eigenvalue weighted by molar-refractivity contribution is -0.148. The number of aryl methyl sites for hydroxylation is 1. The molecule has 3 aliphatic rings. The Hall–Kier alpha value is -2.36. The third-order valence-electron chi connectivity index (χ3n) is 9.07. The van der Waals surface area contributed by atoms with E-state index in [1.807, 2.05) is 0 Å². The van der Waals surface area contributed by atoms with Crippen LogP contribution in [0.25, 0.3) is 0 Å². The smallest absolute Gasteiger partial charge is 0.302 e. The second kappa shape index (κ2) is 10.1. The molecule has 0 heterocycles. The van der Waals surface area contributed by atoms with Gasteiger partial charge < -0.3 is 4.74 Å². The van der Waals surface area contributed by atoms with Gasteiger partial charge in [-0.05, 0) is 93.1 Å². The van der Waals surface area contributed by atoms with E-state index in [0.29, 0.717) is 17.8 Å². The van der Waals surface area contributed by atoms with Gasteiger partial charge in [-0.1, -0.05) is 55.3 Å². The van der Waals surface area contributed by atoms with E-state index in [4.69, 9.17) is 4.74 Å². The Morgan fingerprint density at radius 1 is 1.21 bits per heavy atom. The maximum absolute atomic E-state index is 11.5. The molecule has 0 bridgehead atoms. The fourth-order valence-corrected chi connectivity index (χ4v) is 7.26. The van der Waals surface area contributed by atoms with Crippen molar-refractivity contribution in [2.75, 3.05) is 5.43 Å². The predicted octanol–water partition coefficient (Wildman–Crippen LogP) is 7.46. The van der Waals surface area contributed by atoms with Gasteiger partial charge in [0.1, 0.15) is 6.10 Å². The highest BCUT2D eigenvalue weighted by Crippen LogP contribution is 2.62. The maximum atomic E-state index is 11.5. The molecular weight excluding hydrogens is 420 g/mol. The molecule has 1 aromatic carbocycles. The van der Waals surface area contributed by atoms with Crippen LogP contribution in [0.3, 0.4) is 0 Å². The first kappa shape index (κ1) is 24.8. The monoisotopic (exact) mass is 462 g/mol. The summed E-state index contributed by atoms with van der Waals surface area (Å²) in [4.78, 5) is 11.5. The quantitative estimate of drug-likeness (QED) is 0.207. The highest BCUT2D eigenvalue weighted by molar-refractivity contribution is 5.66. The van der Waals surface area contributed by atoms with E-state index < -0.39 is 0 Å². The van der Waals surface area contributed by atoms with Crippen LogP contribution in [0.4, 0.5) is 5.69 Å². The van der Waals surface area contributed by atoms with Crippen LogP contribution >= 0.6 is 0 Å². The van der Waals surface area contributed by atoms with E-state index >= 15 is 0 Å². The lowest BCUT2D eigenvalue weighted by Crippen LogP contribution is -2.50. The molecule has 4 nitrogen and oxygen atoms in total. The van der Waals surface area contributed by atoms with Crippen LogP contribution in [-0.4, -0.2) is 18.3 Å². The summed E-state index contributed by atoms with van der Waals surface area (Å²) in [5.41, 5.74) is 7.46. The number of nitrogens with zero attached hydrogens (tertiary/aromatic N) is 1. The minimum atomic E-state index is -0.152. The molecule has 0 amide bonds. The predicted molar refractivity (Wildman–Crippen MR) is 141 cm³/mol. The van der Waals surface area contributed by atoms with Gasteiger partial charge in [-0.25, -0.2) is 0 Å². The molecule has 1 aromatic rings. The summed E-state index contributed by atoms with van der Waals surface area (Å²) >= 11 is 0. The van der Waals surface area contributed by atoms with Crippen molar-refractivity contribution in [2.24, 2.45) is 33.7 Å². The van der Waals surface area contributed by atoms with E-state index in [2.05, 4.69) is 86.9 Å². The number of hydrogen-bond acceptors (Lipinski definition) is 4. The summed E-state index contributed by atoms with van der Waals surface area (Å²) in [6.07, 6.45) is 17.0. The number of hydrogen-bond donors (Lipinski definition) is 1. The van der Waals surface area contributed by atoms with E-state index in [-0.39, 0.29) is 22.9 Å².